The highest BCUT2D eigenvalue weighted by molar-refractivity contribution is 5.78. The average molecular weight is 368 g/mol. The van der Waals surface area contributed by atoms with Crippen LogP contribution in [0.1, 0.15) is 23.1 Å². The highest BCUT2D eigenvalue weighted by atomic mass is 16.5. The molecule has 1 aliphatic rings. The van der Waals surface area contributed by atoms with E-state index < -0.39 is 0 Å². The Labute approximate surface area is 161 Å². The molecular formula is C22H28N2O3. The van der Waals surface area contributed by atoms with E-state index in [4.69, 9.17) is 9.47 Å². The molecule has 1 heterocycles. The fourth-order valence-corrected chi connectivity index (χ4v) is 3.47. The van der Waals surface area contributed by atoms with Crippen molar-refractivity contribution in [2.24, 2.45) is 0 Å². The first kappa shape index (κ1) is 19.2. The summed E-state index contributed by atoms with van der Waals surface area (Å²) in [4.78, 5) is 14.4. The zero-order valence-electron chi connectivity index (χ0n) is 16.2. The quantitative estimate of drug-likeness (QED) is 0.728. The molecule has 5 nitrogen and oxygen atoms in total. The van der Waals surface area contributed by atoms with Crippen molar-refractivity contribution in [1.29, 1.82) is 0 Å². The minimum absolute atomic E-state index is 0.148. The van der Waals surface area contributed by atoms with Crippen LogP contribution < -0.4 is 14.8 Å². The summed E-state index contributed by atoms with van der Waals surface area (Å²) in [5.41, 5.74) is 3.70. The number of nitrogens with one attached hydrogen (secondary N) is 1. The molecule has 0 spiro atoms. The normalized spacial score (nSPS) is 13.2. The van der Waals surface area contributed by atoms with E-state index in [0.29, 0.717) is 18.8 Å². The monoisotopic (exact) mass is 368 g/mol. The lowest BCUT2D eigenvalue weighted by Gasteiger charge is -2.29. The van der Waals surface area contributed by atoms with Crippen LogP contribution in [0.4, 0.5) is 0 Å². The highest BCUT2D eigenvalue weighted by Crippen LogP contribution is 2.33. The van der Waals surface area contributed by atoms with Crippen molar-refractivity contribution in [1.82, 2.24) is 10.2 Å². The largest absolute Gasteiger partial charge is 0.493 e. The number of hydrogen-bond donors (Lipinski definition) is 1. The zero-order valence-corrected chi connectivity index (χ0v) is 16.2. The first-order valence-electron chi connectivity index (χ1n) is 9.47. The number of methoxy groups -OCH3 is 2. The van der Waals surface area contributed by atoms with Gasteiger partial charge in [-0.3, -0.25) is 4.79 Å². The van der Waals surface area contributed by atoms with Gasteiger partial charge in [0, 0.05) is 13.1 Å². The van der Waals surface area contributed by atoms with Crippen molar-refractivity contribution in [2.45, 2.75) is 25.8 Å². The van der Waals surface area contributed by atoms with E-state index in [2.05, 4.69) is 29.6 Å². The lowest BCUT2D eigenvalue weighted by Crippen LogP contribution is -2.41. The number of ether oxygens (including phenoxy) is 2. The number of aryl methyl sites for hydroxylation is 1. The summed E-state index contributed by atoms with van der Waals surface area (Å²) >= 11 is 0. The van der Waals surface area contributed by atoms with Crippen LogP contribution in [-0.4, -0.2) is 44.7 Å². The van der Waals surface area contributed by atoms with Crippen molar-refractivity contribution in [2.75, 3.05) is 33.9 Å². The Morgan fingerprint density at radius 3 is 2.48 bits per heavy atom. The maximum Gasteiger partial charge on any atom is 0.236 e. The Kier molecular flexibility index (Phi) is 6.71. The maximum absolute atomic E-state index is 12.5. The third kappa shape index (κ3) is 5.01. The van der Waals surface area contributed by atoms with Gasteiger partial charge < -0.3 is 19.7 Å². The molecule has 2 aromatic carbocycles. The molecule has 0 unspecified atom stereocenters. The highest BCUT2D eigenvalue weighted by Gasteiger charge is 2.22. The van der Waals surface area contributed by atoms with Crippen LogP contribution in [0.2, 0.25) is 0 Å². The van der Waals surface area contributed by atoms with E-state index in [0.717, 1.165) is 43.7 Å². The van der Waals surface area contributed by atoms with Crippen molar-refractivity contribution < 1.29 is 14.3 Å². The second-order valence-electron chi connectivity index (χ2n) is 6.81. The number of benzene rings is 2. The second kappa shape index (κ2) is 9.42. The first-order chi connectivity index (χ1) is 13.2. The molecule has 0 aromatic heterocycles. The lowest BCUT2D eigenvalue weighted by molar-refractivity contribution is -0.131. The lowest BCUT2D eigenvalue weighted by atomic mass is 9.98. The molecule has 0 atom stereocenters. The fourth-order valence-electron chi connectivity index (χ4n) is 3.47. The SMILES string of the molecule is COc1cc2c(cc1OC)CN(C(=O)CNCCCc1ccccc1)CC2. The van der Waals surface area contributed by atoms with Gasteiger partial charge in [0.1, 0.15) is 0 Å². The number of hydrogen-bond acceptors (Lipinski definition) is 4. The topological polar surface area (TPSA) is 50.8 Å². The van der Waals surface area contributed by atoms with Crippen LogP contribution in [-0.2, 0) is 24.2 Å². The Balaban J connectivity index is 1.46. The molecule has 0 radical (unpaired) electrons. The Morgan fingerprint density at radius 1 is 1.07 bits per heavy atom. The number of nitrogens with zero attached hydrogens (tertiary/aromatic N) is 1. The number of fused-ring (bicyclic) bond motifs is 1. The summed E-state index contributed by atoms with van der Waals surface area (Å²) in [7, 11) is 3.28. The van der Waals surface area contributed by atoms with Gasteiger partial charge in [0.2, 0.25) is 5.91 Å². The fraction of sp³-hybridized carbons (Fsp3) is 0.409. The van der Waals surface area contributed by atoms with E-state index >= 15 is 0 Å². The van der Waals surface area contributed by atoms with Gasteiger partial charge in [-0.25, -0.2) is 0 Å². The minimum Gasteiger partial charge on any atom is -0.493 e. The first-order valence-corrected chi connectivity index (χ1v) is 9.47. The van der Waals surface area contributed by atoms with Crippen molar-refractivity contribution in [3.63, 3.8) is 0 Å². The molecule has 2 aromatic rings. The maximum atomic E-state index is 12.5. The second-order valence-corrected chi connectivity index (χ2v) is 6.81. The summed E-state index contributed by atoms with van der Waals surface area (Å²) < 4.78 is 10.8. The third-order valence-corrected chi connectivity index (χ3v) is 5.01. The summed E-state index contributed by atoms with van der Waals surface area (Å²) in [5, 5.41) is 3.28. The molecular weight excluding hydrogens is 340 g/mol. The molecule has 0 saturated carbocycles. The standard InChI is InChI=1S/C22H28N2O3/c1-26-20-13-18-10-12-24(16-19(18)14-21(20)27-2)22(25)15-23-11-6-9-17-7-4-3-5-8-17/h3-5,7-8,13-14,23H,6,9-12,15-16H2,1-2H3. The molecule has 5 heteroatoms. The summed E-state index contributed by atoms with van der Waals surface area (Å²) in [6, 6.07) is 14.4. The van der Waals surface area contributed by atoms with Crippen LogP contribution in [0.15, 0.2) is 42.5 Å². The third-order valence-electron chi connectivity index (χ3n) is 5.01. The van der Waals surface area contributed by atoms with Crippen LogP contribution >= 0.6 is 0 Å². The molecule has 27 heavy (non-hydrogen) atoms. The molecule has 0 bridgehead atoms. The van der Waals surface area contributed by atoms with Gasteiger partial charge in [0.15, 0.2) is 11.5 Å². The van der Waals surface area contributed by atoms with E-state index in [-0.39, 0.29) is 5.91 Å². The van der Waals surface area contributed by atoms with Gasteiger partial charge in [-0.1, -0.05) is 30.3 Å². The van der Waals surface area contributed by atoms with Crippen LogP contribution in [0.25, 0.3) is 0 Å². The molecule has 3 rings (SSSR count). The number of rotatable bonds is 8. The zero-order chi connectivity index (χ0) is 19.1. The van der Waals surface area contributed by atoms with Gasteiger partial charge in [0.05, 0.1) is 20.8 Å². The van der Waals surface area contributed by atoms with Crippen molar-refractivity contribution >= 4 is 5.91 Å². The van der Waals surface area contributed by atoms with Gasteiger partial charge >= 0.3 is 0 Å². The molecule has 1 amide bonds. The van der Waals surface area contributed by atoms with E-state index in [1.165, 1.54) is 11.1 Å². The number of amides is 1. The van der Waals surface area contributed by atoms with Gasteiger partial charge in [0.25, 0.3) is 0 Å². The van der Waals surface area contributed by atoms with Crippen LogP contribution in [0.3, 0.4) is 0 Å². The van der Waals surface area contributed by atoms with E-state index in [9.17, 15) is 4.79 Å². The molecule has 1 N–H and O–H groups in total. The molecule has 0 fully saturated rings. The smallest absolute Gasteiger partial charge is 0.236 e. The van der Waals surface area contributed by atoms with Crippen LogP contribution in [0.5, 0.6) is 11.5 Å². The van der Waals surface area contributed by atoms with E-state index in [1.807, 2.05) is 23.1 Å². The average Bonchev–Trinajstić information content (AvgIpc) is 2.72. The molecule has 0 aliphatic carbocycles. The Bertz CT molecular complexity index is 762. The van der Waals surface area contributed by atoms with Gasteiger partial charge in [-0.2, -0.15) is 0 Å². The predicted molar refractivity (Wildman–Crippen MR) is 106 cm³/mol. The van der Waals surface area contributed by atoms with Gasteiger partial charge in [-0.05, 0) is 54.6 Å². The van der Waals surface area contributed by atoms with Crippen LogP contribution in [0, 0.1) is 0 Å². The predicted octanol–water partition coefficient (Wildman–Crippen LogP) is 2.81. The van der Waals surface area contributed by atoms with Crippen molar-refractivity contribution in [3.05, 3.63) is 59.2 Å². The van der Waals surface area contributed by atoms with Crippen molar-refractivity contribution in [3.8, 4) is 11.5 Å². The Morgan fingerprint density at radius 2 is 1.78 bits per heavy atom. The summed E-state index contributed by atoms with van der Waals surface area (Å²) in [5.74, 6) is 1.61. The Hall–Kier alpha value is -2.53. The number of carbonyl (C=O) groups excluding carboxylic acids is 1. The molecule has 1 aliphatic heterocycles. The molecule has 144 valence electrons. The molecule has 0 saturated heterocycles. The minimum atomic E-state index is 0.148. The van der Waals surface area contributed by atoms with Gasteiger partial charge in [-0.15, -0.1) is 0 Å². The summed E-state index contributed by atoms with van der Waals surface area (Å²) in [6.45, 7) is 2.60. The number of carbonyl (C=O) groups is 1. The summed E-state index contributed by atoms with van der Waals surface area (Å²) in [6.07, 6.45) is 2.90. The van der Waals surface area contributed by atoms with E-state index in [1.54, 1.807) is 14.2 Å².